The number of para-hydroxylation sites is 1. The summed E-state index contributed by atoms with van der Waals surface area (Å²) in [5.41, 5.74) is 17.0. The summed E-state index contributed by atoms with van der Waals surface area (Å²) in [6, 6.07) is 83.8. The summed E-state index contributed by atoms with van der Waals surface area (Å²) in [6.07, 6.45) is 22.6. The van der Waals surface area contributed by atoms with E-state index < -0.39 is 0 Å². The molecule has 8 aromatic heterocycles. The van der Waals surface area contributed by atoms with Crippen molar-refractivity contribution in [2.24, 2.45) is 9.98 Å². The maximum absolute atomic E-state index is 5.40. The zero-order chi connectivity index (χ0) is 61.8. The number of hydrogen-bond acceptors (Lipinski definition) is 10. The fourth-order valence-electron chi connectivity index (χ4n) is 14.4. The SMILES string of the molecule is C1=CC2=NC(c3cccc(-n4c5cc6sc7ccccc7c6cc5c5ncc(-c6ccccc6)cc54)n3)N(c3ccccc3)C2C=C1.C1=CC2=NC(c3ccccc3)N(c3ccc(-n4c5cc6sc7ccccc7c6cc5c5ncc(-c6ccccc6)cc54)nc3)C2C=C1. The minimum absolute atomic E-state index is 0.0602. The predicted octanol–water partition coefficient (Wildman–Crippen LogP) is 20.1. The Kier molecular flexibility index (Phi) is 12.7. The first-order chi connectivity index (χ1) is 46.6. The van der Waals surface area contributed by atoms with E-state index in [9.17, 15) is 0 Å². The van der Waals surface area contributed by atoms with Crippen molar-refractivity contribution >= 4 is 130 Å². The number of rotatable bonds is 8. The molecule has 20 rings (SSSR count). The van der Waals surface area contributed by atoms with Crippen molar-refractivity contribution in [3.8, 4) is 33.9 Å². The van der Waals surface area contributed by atoms with Gasteiger partial charge in [-0.15, -0.1) is 22.7 Å². The second kappa shape index (κ2) is 22.0. The van der Waals surface area contributed by atoms with Crippen molar-refractivity contribution < 1.29 is 0 Å². The summed E-state index contributed by atoms with van der Waals surface area (Å²) >= 11 is 3.66. The average molecular weight is 1240 g/mol. The van der Waals surface area contributed by atoms with E-state index in [2.05, 4.69) is 292 Å². The Hall–Kier alpha value is -11.7. The first-order valence-electron chi connectivity index (χ1n) is 31.7. The molecule has 4 aliphatic rings. The molecule has 0 amide bonds. The van der Waals surface area contributed by atoms with Crippen LogP contribution in [0.25, 0.3) is 118 Å². The van der Waals surface area contributed by atoms with E-state index in [0.717, 1.165) is 112 Å². The van der Waals surface area contributed by atoms with Crippen LogP contribution in [0.3, 0.4) is 0 Å². The Morgan fingerprint density at radius 2 is 0.840 bits per heavy atom. The van der Waals surface area contributed by atoms with Crippen LogP contribution in [0.5, 0.6) is 0 Å². The fraction of sp³-hybridized carbons (Fsp3) is 0.0488. The van der Waals surface area contributed by atoms with E-state index >= 15 is 0 Å². The summed E-state index contributed by atoms with van der Waals surface area (Å²) in [6.45, 7) is 0. The molecule has 2 aliphatic heterocycles. The van der Waals surface area contributed by atoms with Gasteiger partial charge < -0.3 is 9.80 Å². The number of pyridine rings is 4. The summed E-state index contributed by atoms with van der Waals surface area (Å²) in [5, 5.41) is 7.34. The zero-order valence-corrected chi connectivity index (χ0v) is 52.1. The highest BCUT2D eigenvalue weighted by atomic mass is 32.1. The third kappa shape index (κ3) is 8.89. The van der Waals surface area contributed by atoms with Crippen molar-refractivity contribution in [1.29, 1.82) is 0 Å². The molecule has 4 atom stereocenters. The van der Waals surface area contributed by atoms with E-state index in [4.69, 9.17) is 29.9 Å². The lowest BCUT2D eigenvalue weighted by molar-refractivity contribution is 0.673. The van der Waals surface area contributed by atoms with Crippen LogP contribution in [0, 0.1) is 0 Å². The summed E-state index contributed by atoms with van der Waals surface area (Å²) in [4.78, 5) is 35.9. The van der Waals surface area contributed by atoms with Crippen LogP contribution in [0.4, 0.5) is 11.4 Å². The Bertz CT molecular complexity index is 5900. The smallest absolute Gasteiger partial charge is 0.165 e. The number of fused-ring (bicyclic) bond motifs is 14. The summed E-state index contributed by atoms with van der Waals surface area (Å²) in [7, 11) is 0. The lowest BCUT2D eigenvalue weighted by Gasteiger charge is -2.31. The van der Waals surface area contributed by atoms with E-state index in [1.165, 1.54) is 40.3 Å². The van der Waals surface area contributed by atoms with Gasteiger partial charge in [-0.3, -0.25) is 29.1 Å². The van der Waals surface area contributed by atoms with Crippen molar-refractivity contribution in [3.63, 3.8) is 0 Å². The van der Waals surface area contributed by atoms with Crippen LogP contribution >= 0.6 is 22.7 Å². The number of thiophene rings is 2. The van der Waals surface area contributed by atoms with Gasteiger partial charge in [0, 0.05) is 80.3 Å². The van der Waals surface area contributed by atoms with E-state index in [1.54, 1.807) is 0 Å². The van der Waals surface area contributed by atoms with Gasteiger partial charge >= 0.3 is 0 Å². The maximum Gasteiger partial charge on any atom is 0.165 e. The van der Waals surface area contributed by atoms with Crippen LogP contribution in [-0.4, -0.2) is 52.6 Å². The summed E-state index contributed by atoms with van der Waals surface area (Å²) in [5.74, 6) is 1.71. The maximum atomic E-state index is 5.40. The highest BCUT2D eigenvalue weighted by molar-refractivity contribution is 7.26. The molecule has 0 N–H and O–H groups in total. The highest BCUT2D eigenvalue weighted by Gasteiger charge is 2.38. The van der Waals surface area contributed by atoms with E-state index in [1.807, 2.05) is 53.4 Å². The number of benzene rings is 8. The Morgan fingerprint density at radius 1 is 0.330 bits per heavy atom. The molecular weight excluding hydrogens is 1190 g/mol. The van der Waals surface area contributed by atoms with E-state index in [0.29, 0.717) is 0 Å². The quantitative estimate of drug-likeness (QED) is 0.150. The molecule has 12 heteroatoms. The molecule has 0 bridgehead atoms. The molecule has 8 aromatic carbocycles. The van der Waals surface area contributed by atoms with Crippen LogP contribution in [-0.2, 0) is 0 Å². The van der Waals surface area contributed by atoms with Gasteiger partial charge in [0.15, 0.2) is 6.17 Å². The van der Waals surface area contributed by atoms with Crippen LogP contribution in [0.2, 0.25) is 0 Å². The van der Waals surface area contributed by atoms with Crippen molar-refractivity contribution in [2.45, 2.75) is 24.4 Å². The lowest BCUT2D eigenvalue weighted by Crippen LogP contribution is -2.36. The standard InChI is InChI=1S/2C41H27N5S/c1-3-12-26(13-4-1)27-22-36-40(42-25-27)31-23-30-29-16-7-10-20-37(29)47-38(30)24-35(31)46(36)39-21-11-18-33(43-39)41-44-32-17-8-9-19-34(32)45(41)28-14-5-2-6-15-28;1-3-11-26(12-4-1)28-21-36-40(43-24-28)32-22-31-30-15-7-10-18-37(30)47-38(31)23-35(32)46(36)39-20-19-29(25-42-39)45-34-17-9-8-16-33(34)44-41(45)27-13-5-2-6-14-27/h2*1-25,34,41H. The van der Waals surface area contributed by atoms with Gasteiger partial charge in [0.05, 0.1) is 74.2 Å². The van der Waals surface area contributed by atoms with Gasteiger partial charge in [0.2, 0.25) is 0 Å². The number of aromatic nitrogens is 6. The first kappa shape index (κ1) is 54.1. The van der Waals surface area contributed by atoms with Gasteiger partial charge in [-0.2, -0.15) is 0 Å². The molecule has 94 heavy (non-hydrogen) atoms. The molecule has 10 nitrogen and oxygen atoms in total. The largest absolute Gasteiger partial charge is 0.332 e. The molecule has 0 saturated carbocycles. The Morgan fingerprint density at radius 3 is 1.40 bits per heavy atom. The molecule has 0 fully saturated rings. The first-order valence-corrected chi connectivity index (χ1v) is 33.3. The molecule has 0 radical (unpaired) electrons. The van der Waals surface area contributed by atoms with Gasteiger partial charge in [-0.1, -0.05) is 188 Å². The summed E-state index contributed by atoms with van der Waals surface area (Å²) < 4.78 is 9.66. The van der Waals surface area contributed by atoms with E-state index in [-0.39, 0.29) is 24.4 Å². The van der Waals surface area contributed by atoms with Gasteiger partial charge in [-0.25, -0.2) is 9.97 Å². The molecule has 0 saturated heterocycles. The topological polar surface area (TPSA) is 92.6 Å². The van der Waals surface area contributed by atoms with Crippen molar-refractivity contribution in [3.05, 3.63) is 315 Å². The molecule has 16 aromatic rings. The van der Waals surface area contributed by atoms with Crippen LogP contribution < -0.4 is 9.80 Å². The minimum Gasteiger partial charge on any atom is -0.332 e. The highest BCUT2D eigenvalue weighted by Crippen LogP contribution is 2.45. The molecule has 2 aliphatic carbocycles. The molecule has 444 valence electrons. The number of anilines is 2. The van der Waals surface area contributed by atoms with Crippen LogP contribution in [0.15, 0.2) is 314 Å². The number of allylic oxidation sites excluding steroid dienone is 4. The Balaban J connectivity index is 0.000000133. The third-order valence-corrected chi connectivity index (χ3v) is 21.0. The fourth-order valence-corrected chi connectivity index (χ4v) is 16.6. The molecule has 10 heterocycles. The number of hydrogen-bond donors (Lipinski definition) is 0. The monoisotopic (exact) mass is 1240 g/mol. The number of aliphatic imine (C=N–C) groups is 2. The zero-order valence-electron chi connectivity index (χ0n) is 50.5. The van der Waals surface area contributed by atoms with Gasteiger partial charge in [0.1, 0.15) is 17.8 Å². The second-order valence-electron chi connectivity index (χ2n) is 24.1. The molecule has 4 unspecified atom stereocenters. The normalized spacial score (nSPS) is 17.3. The third-order valence-electron chi connectivity index (χ3n) is 18.7. The van der Waals surface area contributed by atoms with Crippen molar-refractivity contribution in [2.75, 3.05) is 9.80 Å². The van der Waals surface area contributed by atoms with Gasteiger partial charge in [-0.05, 0) is 114 Å². The average Bonchev–Trinajstić information content (AvgIpc) is 1.58. The minimum atomic E-state index is -0.259. The van der Waals surface area contributed by atoms with Gasteiger partial charge in [0.25, 0.3) is 0 Å². The van der Waals surface area contributed by atoms with Crippen molar-refractivity contribution in [1.82, 2.24) is 29.1 Å². The predicted molar refractivity (Wildman–Crippen MR) is 392 cm³/mol. The molecular formula is C82H54N10S2. The molecule has 0 spiro atoms. The van der Waals surface area contributed by atoms with Crippen LogP contribution in [0.1, 0.15) is 23.6 Å². The second-order valence-corrected chi connectivity index (χ2v) is 26.3. The lowest BCUT2D eigenvalue weighted by atomic mass is 10.0. The Labute approximate surface area is 548 Å². The number of nitrogens with zero attached hydrogens (tertiary/aromatic N) is 10.